The van der Waals surface area contributed by atoms with Gasteiger partial charge in [0.2, 0.25) is 0 Å². The predicted octanol–water partition coefficient (Wildman–Crippen LogP) is 3.74. The van der Waals surface area contributed by atoms with Crippen LogP contribution in [0.3, 0.4) is 0 Å². The molecule has 0 saturated carbocycles. The summed E-state index contributed by atoms with van der Waals surface area (Å²) < 4.78 is 40.4. The standard InChI is InChI=1S/C15H9F3N2O2/c16-15(17,18)13-11(14(21)22)8-19-20(13)12-7-3-5-9-4-1-2-6-10(9)12/h1-8H,(H,21,22). The molecule has 0 aliphatic carbocycles. The fourth-order valence-corrected chi connectivity index (χ4v) is 2.35. The number of nitrogens with zero attached hydrogens (tertiary/aromatic N) is 2. The topological polar surface area (TPSA) is 55.1 Å². The van der Waals surface area contributed by atoms with E-state index in [4.69, 9.17) is 5.11 Å². The minimum absolute atomic E-state index is 0.179. The zero-order valence-corrected chi connectivity index (χ0v) is 11.0. The van der Waals surface area contributed by atoms with E-state index in [-0.39, 0.29) is 5.69 Å². The summed E-state index contributed by atoms with van der Waals surface area (Å²) in [5.41, 5.74) is -1.99. The number of halogens is 3. The number of alkyl halides is 3. The number of hydrogen-bond donors (Lipinski definition) is 1. The van der Waals surface area contributed by atoms with Gasteiger partial charge in [-0.05, 0) is 11.5 Å². The zero-order chi connectivity index (χ0) is 15.9. The second-order valence-corrected chi connectivity index (χ2v) is 4.62. The Kier molecular flexibility index (Phi) is 3.13. The number of carbonyl (C=O) groups is 1. The van der Waals surface area contributed by atoms with Crippen molar-refractivity contribution in [3.8, 4) is 5.69 Å². The summed E-state index contributed by atoms with van der Waals surface area (Å²) in [5, 5.41) is 13.9. The summed E-state index contributed by atoms with van der Waals surface area (Å²) in [6, 6.07) is 11.7. The van der Waals surface area contributed by atoms with Gasteiger partial charge < -0.3 is 5.11 Å². The van der Waals surface area contributed by atoms with Gasteiger partial charge in [0.05, 0.1) is 11.9 Å². The van der Waals surface area contributed by atoms with Crippen molar-refractivity contribution in [1.82, 2.24) is 9.78 Å². The molecule has 1 N–H and O–H groups in total. The molecule has 0 saturated heterocycles. The van der Waals surface area contributed by atoms with Gasteiger partial charge in [0.15, 0.2) is 5.69 Å². The molecule has 0 aliphatic rings. The lowest BCUT2D eigenvalue weighted by Gasteiger charge is -2.13. The Hall–Kier alpha value is -2.83. The number of hydrogen-bond acceptors (Lipinski definition) is 2. The smallest absolute Gasteiger partial charge is 0.434 e. The van der Waals surface area contributed by atoms with E-state index in [9.17, 15) is 18.0 Å². The van der Waals surface area contributed by atoms with Gasteiger partial charge in [0, 0.05) is 5.39 Å². The highest BCUT2D eigenvalue weighted by molar-refractivity contribution is 5.92. The van der Waals surface area contributed by atoms with Crippen LogP contribution in [0.5, 0.6) is 0 Å². The van der Waals surface area contributed by atoms with Crippen LogP contribution < -0.4 is 0 Å². The van der Waals surface area contributed by atoms with Crippen molar-refractivity contribution >= 4 is 16.7 Å². The minimum Gasteiger partial charge on any atom is -0.478 e. The van der Waals surface area contributed by atoms with E-state index in [1.807, 2.05) is 0 Å². The van der Waals surface area contributed by atoms with Crippen LogP contribution >= 0.6 is 0 Å². The predicted molar refractivity (Wildman–Crippen MR) is 73.0 cm³/mol. The quantitative estimate of drug-likeness (QED) is 0.784. The van der Waals surface area contributed by atoms with Crippen molar-refractivity contribution in [2.45, 2.75) is 6.18 Å². The first-order chi connectivity index (χ1) is 10.4. The Labute approximate surface area is 122 Å². The average Bonchev–Trinajstić information content (AvgIpc) is 2.91. The highest BCUT2D eigenvalue weighted by Crippen LogP contribution is 2.35. The summed E-state index contributed by atoms with van der Waals surface area (Å²) >= 11 is 0. The summed E-state index contributed by atoms with van der Waals surface area (Å²) in [6.07, 6.45) is -4.12. The van der Waals surface area contributed by atoms with Crippen LogP contribution in [-0.2, 0) is 6.18 Å². The first kappa shape index (κ1) is 14.1. The maximum atomic E-state index is 13.3. The minimum atomic E-state index is -4.83. The van der Waals surface area contributed by atoms with Gasteiger partial charge in [-0.1, -0.05) is 36.4 Å². The number of rotatable bonds is 2. The van der Waals surface area contributed by atoms with Crippen molar-refractivity contribution in [2.24, 2.45) is 0 Å². The molecule has 3 rings (SSSR count). The highest BCUT2D eigenvalue weighted by atomic mass is 19.4. The third kappa shape index (κ3) is 2.20. The maximum absolute atomic E-state index is 13.3. The number of benzene rings is 2. The number of carboxylic acid groups (broad SMARTS) is 1. The van der Waals surface area contributed by atoms with E-state index in [0.29, 0.717) is 16.3 Å². The van der Waals surface area contributed by atoms with Gasteiger partial charge in [0.1, 0.15) is 5.56 Å². The third-order valence-electron chi connectivity index (χ3n) is 3.26. The molecule has 1 heterocycles. The number of fused-ring (bicyclic) bond motifs is 1. The van der Waals surface area contributed by atoms with E-state index in [1.165, 1.54) is 6.07 Å². The van der Waals surface area contributed by atoms with Gasteiger partial charge in [-0.3, -0.25) is 0 Å². The van der Waals surface area contributed by atoms with Crippen molar-refractivity contribution < 1.29 is 23.1 Å². The van der Waals surface area contributed by atoms with Gasteiger partial charge >= 0.3 is 12.1 Å². The molecule has 0 atom stereocenters. The monoisotopic (exact) mass is 306 g/mol. The fraction of sp³-hybridized carbons (Fsp3) is 0.0667. The van der Waals surface area contributed by atoms with E-state index in [2.05, 4.69) is 5.10 Å². The van der Waals surface area contributed by atoms with Gasteiger partial charge in [-0.25, -0.2) is 9.48 Å². The second-order valence-electron chi connectivity index (χ2n) is 4.62. The van der Waals surface area contributed by atoms with E-state index >= 15 is 0 Å². The fourth-order valence-electron chi connectivity index (χ4n) is 2.35. The van der Waals surface area contributed by atoms with E-state index in [0.717, 1.165) is 5.39 Å². The molecule has 22 heavy (non-hydrogen) atoms. The Morgan fingerprint density at radius 1 is 1.09 bits per heavy atom. The molecule has 0 aliphatic heterocycles. The first-order valence-electron chi connectivity index (χ1n) is 6.26. The number of aromatic nitrogens is 2. The molecule has 1 aromatic heterocycles. The molecule has 0 radical (unpaired) electrons. The number of carboxylic acids is 1. The molecule has 2 aromatic carbocycles. The molecular weight excluding hydrogens is 297 g/mol. The molecule has 0 spiro atoms. The zero-order valence-electron chi connectivity index (χ0n) is 11.0. The molecule has 0 fully saturated rings. The Bertz CT molecular complexity index is 863. The van der Waals surface area contributed by atoms with Crippen molar-refractivity contribution in [2.75, 3.05) is 0 Å². The molecule has 7 heteroatoms. The molecule has 0 amide bonds. The van der Waals surface area contributed by atoms with Crippen LogP contribution in [-0.4, -0.2) is 20.9 Å². The molecule has 3 aromatic rings. The first-order valence-corrected chi connectivity index (χ1v) is 6.26. The van der Waals surface area contributed by atoms with E-state index in [1.54, 1.807) is 36.4 Å². The molecule has 0 unspecified atom stereocenters. The van der Waals surface area contributed by atoms with Crippen LogP contribution in [0.4, 0.5) is 13.2 Å². The largest absolute Gasteiger partial charge is 0.478 e. The van der Waals surface area contributed by atoms with Crippen LogP contribution in [0.2, 0.25) is 0 Å². The third-order valence-corrected chi connectivity index (χ3v) is 3.26. The SMILES string of the molecule is O=C(O)c1cnn(-c2cccc3ccccc23)c1C(F)(F)F. The maximum Gasteiger partial charge on any atom is 0.434 e. The number of aromatic carboxylic acids is 1. The van der Waals surface area contributed by atoms with Gasteiger partial charge in [-0.2, -0.15) is 18.3 Å². The normalized spacial score (nSPS) is 11.8. The molecule has 112 valence electrons. The Morgan fingerprint density at radius 3 is 2.45 bits per heavy atom. The van der Waals surface area contributed by atoms with Crippen molar-refractivity contribution in [1.29, 1.82) is 0 Å². The lowest BCUT2D eigenvalue weighted by atomic mass is 10.1. The molecule has 0 bridgehead atoms. The lowest BCUT2D eigenvalue weighted by molar-refractivity contribution is -0.143. The van der Waals surface area contributed by atoms with Crippen LogP contribution in [0.1, 0.15) is 16.1 Å². The lowest BCUT2D eigenvalue weighted by Crippen LogP contribution is -2.17. The van der Waals surface area contributed by atoms with Crippen molar-refractivity contribution in [3.63, 3.8) is 0 Å². The summed E-state index contributed by atoms with van der Waals surface area (Å²) in [5.74, 6) is -1.67. The highest BCUT2D eigenvalue weighted by Gasteiger charge is 2.40. The Morgan fingerprint density at radius 2 is 1.77 bits per heavy atom. The van der Waals surface area contributed by atoms with Crippen molar-refractivity contribution in [3.05, 3.63) is 59.9 Å². The van der Waals surface area contributed by atoms with Gasteiger partial charge in [0.25, 0.3) is 0 Å². The van der Waals surface area contributed by atoms with Crippen LogP contribution in [0.25, 0.3) is 16.5 Å². The summed E-state index contributed by atoms with van der Waals surface area (Å²) in [4.78, 5) is 11.0. The van der Waals surface area contributed by atoms with Crippen LogP contribution in [0.15, 0.2) is 48.7 Å². The average molecular weight is 306 g/mol. The molecule has 4 nitrogen and oxygen atoms in total. The van der Waals surface area contributed by atoms with Gasteiger partial charge in [-0.15, -0.1) is 0 Å². The second kappa shape index (κ2) is 4.87. The summed E-state index contributed by atoms with van der Waals surface area (Å²) in [7, 11) is 0. The Balaban J connectivity index is 2.35. The van der Waals surface area contributed by atoms with E-state index < -0.39 is 23.4 Å². The van der Waals surface area contributed by atoms with Crippen LogP contribution in [0, 0.1) is 0 Å². The summed E-state index contributed by atoms with van der Waals surface area (Å²) in [6.45, 7) is 0. The molecular formula is C15H9F3N2O2.